The lowest BCUT2D eigenvalue weighted by molar-refractivity contribution is -0.154. The fourth-order valence-electron chi connectivity index (χ4n) is 1.93. The summed E-state index contributed by atoms with van der Waals surface area (Å²) in [6.45, 7) is -1.14. The lowest BCUT2D eigenvalue weighted by Crippen LogP contribution is -2.48. The molecule has 1 aliphatic rings. The van der Waals surface area contributed by atoms with Crippen LogP contribution in [0.1, 0.15) is 12.8 Å². The van der Waals surface area contributed by atoms with Crippen molar-refractivity contribution in [1.29, 1.82) is 0 Å². The predicted molar refractivity (Wildman–Crippen MR) is 101 cm³/mol. The number of hydrogen-bond donors (Lipinski definition) is 4. The fourth-order valence-corrected chi connectivity index (χ4v) is 3.34. The van der Waals surface area contributed by atoms with Crippen LogP contribution >= 0.6 is 30.0 Å². The van der Waals surface area contributed by atoms with Gasteiger partial charge in [-0.05, 0) is 14.8 Å². The van der Waals surface area contributed by atoms with E-state index >= 15 is 0 Å². The molecule has 4 N–H and O–H groups in total. The number of nitrogens with two attached hydrogens (primary N) is 1. The Morgan fingerprint density at radius 3 is 2.58 bits per heavy atom. The average molecular weight is 427 g/mol. The van der Waals surface area contributed by atoms with Crippen molar-refractivity contribution in [2.75, 3.05) is 25.5 Å². The van der Waals surface area contributed by atoms with Gasteiger partial charge in [-0.25, -0.2) is 0 Å². The van der Waals surface area contributed by atoms with E-state index in [0.717, 1.165) is 0 Å². The van der Waals surface area contributed by atoms with E-state index < -0.39 is 55.2 Å². The Balaban J connectivity index is 2.89. The van der Waals surface area contributed by atoms with Crippen LogP contribution < -0.4 is 11.1 Å². The standard InChI is InChI=1S/C13H23N3O7P2S/c14-8-1-2-10(18)15-9(6-26)12(20)16(25-24)3-11(19)22-4-7(17)5-23-13(8)21/h7-9,17,25-26H,1-6,14,24H2,(H,15,18). The molecule has 26 heavy (non-hydrogen) atoms. The zero-order valence-corrected chi connectivity index (χ0v) is 17.0. The molecular weight excluding hydrogens is 404 g/mol. The normalized spacial score (nSPS) is 28.0. The maximum Gasteiger partial charge on any atom is 0.326 e. The summed E-state index contributed by atoms with van der Waals surface area (Å²) >= 11 is 4.06. The molecule has 1 rings (SSSR count). The predicted octanol–water partition coefficient (Wildman–Crippen LogP) is -1.82. The molecule has 0 saturated carbocycles. The number of cyclic esters (lactones) is 2. The van der Waals surface area contributed by atoms with Crippen molar-refractivity contribution in [3.63, 3.8) is 0 Å². The molecule has 0 radical (unpaired) electrons. The maximum absolute atomic E-state index is 12.5. The minimum Gasteiger partial charge on any atom is -0.462 e. The molecule has 1 heterocycles. The summed E-state index contributed by atoms with van der Waals surface area (Å²) in [4.78, 5) is 48.0. The fraction of sp³-hybridized carbons (Fsp3) is 0.692. The van der Waals surface area contributed by atoms with Gasteiger partial charge in [-0.3, -0.25) is 19.2 Å². The van der Waals surface area contributed by atoms with Crippen LogP contribution in [0.15, 0.2) is 0 Å². The van der Waals surface area contributed by atoms with E-state index in [0.29, 0.717) is 0 Å². The van der Waals surface area contributed by atoms with Gasteiger partial charge in [-0.15, -0.1) is 0 Å². The van der Waals surface area contributed by atoms with Gasteiger partial charge < -0.3 is 30.3 Å². The molecule has 0 aromatic rings. The van der Waals surface area contributed by atoms with Gasteiger partial charge in [0.2, 0.25) is 11.8 Å². The molecule has 0 spiro atoms. The summed E-state index contributed by atoms with van der Waals surface area (Å²) in [5.41, 5.74) is 5.64. The Bertz CT molecular complexity index is 540. The first-order valence-corrected chi connectivity index (χ1v) is 11.1. The van der Waals surface area contributed by atoms with E-state index in [2.05, 4.69) is 26.9 Å². The number of nitrogens with zero attached hydrogens (tertiary/aromatic N) is 1. The number of esters is 2. The number of ether oxygens (including phenoxy) is 2. The van der Waals surface area contributed by atoms with E-state index in [-0.39, 0.29) is 33.6 Å². The highest BCUT2D eigenvalue weighted by Crippen LogP contribution is 2.27. The van der Waals surface area contributed by atoms with Crippen LogP contribution in [-0.4, -0.2) is 77.2 Å². The van der Waals surface area contributed by atoms with Crippen molar-refractivity contribution < 1.29 is 33.8 Å². The number of aliphatic hydroxyl groups excluding tert-OH is 1. The van der Waals surface area contributed by atoms with Crippen molar-refractivity contribution in [2.45, 2.75) is 31.0 Å². The van der Waals surface area contributed by atoms with Crippen LogP contribution in [0.3, 0.4) is 0 Å². The van der Waals surface area contributed by atoms with E-state index in [1.807, 2.05) is 0 Å². The van der Waals surface area contributed by atoms with Gasteiger partial charge in [0.05, 0.1) is 0 Å². The first-order chi connectivity index (χ1) is 12.3. The summed E-state index contributed by atoms with van der Waals surface area (Å²) in [5.74, 6) is -2.48. The highest BCUT2D eigenvalue weighted by atomic mass is 32.1. The maximum atomic E-state index is 12.5. The van der Waals surface area contributed by atoms with Crippen LogP contribution in [0, 0.1) is 0 Å². The summed E-state index contributed by atoms with van der Waals surface area (Å²) in [7, 11) is 2.22. The van der Waals surface area contributed by atoms with Crippen LogP contribution in [0.4, 0.5) is 0 Å². The van der Waals surface area contributed by atoms with Crippen molar-refractivity contribution in [2.24, 2.45) is 5.73 Å². The average Bonchev–Trinajstić information content (AvgIpc) is 2.63. The van der Waals surface area contributed by atoms with Crippen molar-refractivity contribution in [3.05, 3.63) is 0 Å². The van der Waals surface area contributed by atoms with E-state index in [9.17, 15) is 24.3 Å². The monoisotopic (exact) mass is 427 g/mol. The SMILES string of the molecule is NC1CCC(=O)NC(CS)C(=O)N(PP)CC(=O)OCC(O)COC1=O. The van der Waals surface area contributed by atoms with Gasteiger partial charge in [0.15, 0.2) is 0 Å². The van der Waals surface area contributed by atoms with Crippen LogP contribution in [-0.2, 0) is 28.7 Å². The first-order valence-electron chi connectivity index (χ1n) is 7.72. The van der Waals surface area contributed by atoms with Gasteiger partial charge in [-0.2, -0.15) is 12.6 Å². The van der Waals surface area contributed by atoms with Crippen molar-refractivity contribution in [3.8, 4) is 0 Å². The third-order valence-electron chi connectivity index (χ3n) is 3.36. The zero-order valence-electron chi connectivity index (χ0n) is 13.9. The largest absolute Gasteiger partial charge is 0.462 e. The van der Waals surface area contributed by atoms with Crippen LogP contribution in [0.5, 0.6) is 0 Å². The summed E-state index contributed by atoms with van der Waals surface area (Å²) in [5, 5.41) is 12.2. The highest BCUT2D eigenvalue weighted by Gasteiger charge is 2.27. The molecule has 5 atom stereocenters. The van der Waals surface area contributed by atoms with Crippen molar-refractivity contribution in [1.82, 2.24) is 9.99 Å². The lowest BCUT2D eigenvalue weighted by atomic mass is 10.1. The number of nitrogens with one attached hydrogen (secondary N) is 1. The molecule has 5 unspecified atom stereocenters. The molecule has 1 aliphatic heterocycles. The molecule has 0 aromatic carbocycles. The summed E-state index contributed by atoms with van der Waals surface area (Å²) in [6.07, 6.45) is -1.31. The van der Waals surface area contributed by atoms with Crippen LogP contribution in [0.2, 0.25) is 0 Å². The number of thiol groups is 1. The number of carbonyl (C=O) groups is 4. The van der Waals surface area contributed by atoms with E-state index in [1.165, 1.54) is 4.67 Å². The van der Waals surface area contributed by atoms with E-state index in [1.54, 1.807) is 0 Å². The molecule has 1 fully saturated rings. The van der Waals surface area contributed by atoms with Gasteiger partial charge >= 0.3 is 11.9 Å². The molecule has 13 heteroatoms. The minimum atomic E-state index is -1.22. The second-order valence-corrected chi connectivity index (χ2v) is 7.41. The van der Waals surface area contributed by atoms with Gasteiger partial charge in [0, 0.05) is 12.2 Å². The van der Waals surface area contributed by atoms with E-state index in [4.69, 9.17) is 15.2 Å². The Hall–Kier alpha value is -0.990. The van der Waals surface area contributed by atoms with Crippen LogP contribution in [0.25, 0.3) is 0 Å². The number of aliphatic hydroxyl groups is 1. The molecule has 0 aliphatic carbocycles. The molecule has 10 nitrogen and oxygen atoms in total. The number of rotatable bonds is 2. The third kappa shape index (κ3) is 7.72. The molecule has 0 aromatic heterocycles. The second kappa shape index (κ2) is 11.7. The third-order valence-corrected chi connectivity index (χ3v) is 5.36. The minimum absolute atomic E-state index is 0.0122. The zero-order chi connectivity index (χ0) is 19.7. The number of carbonyl (C=O) groups excluding carboxylic acids is 4. The molecule has 0 bridgehead atoms. The molecule has 2 amide bonds. The summed E-state index contributed by atoms with van der Waals surface area (Å²) in [6, 6.07) is -1.99. The Morgan fingerprint density at radius 1 is 1.31 bits per heavy atom. The summed E-state index contributed by atoms with van der Waals surface area (Å²) < 4.78 is 10.9. The first kappa shape index (κ1) is 23.0. The molecule has 1 saturated heterocycles. The highest BCUT2D eigenvalue weighted by molar-refractivity contribution is 8.01. The second-order valence-electron chi connectivity index (χ2n) is 5.47. The number of amides is 2. The van der Waals surface area contributed by atoms with Crippen molar-refractivity contribution >= 4 is 53.7 Å². The smallest absolute Gasteiger partial charge is 0.326 e. The molecule has 148 valence electrons. The lowest BCUT2D eigenvalue weighted by Gasteiger charge is -2.25. The van der Waals surface area contributed by atoms with Gasteiger partial charge in [-0.1, -0.05) is 8.93 Å². The van der Waals surface area contributed by atoms with Gasteiger partial charge in [0.25, 0.3) is 0 Å². The quantitative estimate of drug-likeness (QED) is 0.229. The van der Waals surface area contributed by atoms with Gasteiger partial charge in [0.1, 0.15) is 37.9 Å². The Morgan fingerprint density at radius 2 is 1.96 bits per heavy atom. The Kier molecular flexibility index (Phi) is 10.3. The number of hydrogen-bond acceptors (Lipinski definition) is 9. The topological polar surface area (TPSA) is 148 Å². The Labute approximate surface area is 160 Å². The molecular formula is C13H23N3O7P2S.